The van der Waals surface area contributed by atoms with E-state index in [0.29, 0.717) is 127 Å². The number of rotatable bonds is 58. The Morgan fingerprint density at radius 1 is 0.359 bits per heavy atom. The molecule has 0 saturated carbocycles. The number of hydrogen-bond acceptors (Lipinski definition) is 20. The van der Waals surface area contributed by atoms with Crippen LogP contribution in [0.4, 0.5) is 11.6 Å². The van der Waals surface area contributed by atoms with Gasteiger partial charge in [-0.05, 0) is 143 Å². The number of nitrogens with one attached hydrogen (secondary N) is 10. The van der Waals surface area contributed by atoms with Crippen LogP contribution in [0.25, 0.3) is 43.8 Å². The maximum atomic E-state index is 14.0. The van der Waals surface area contributed by atoms with Gasteiger partial charge in [-0.15, -0.1) is 0 Å². The van der Waals surface area contributed by atoms with Gasteiger partial charge in [0.2, 0.25) is 41.4 Å². The summed E-state index contributed by atoms with van der Waals surface area (Å²) in [7, 11) is 0. The lowest BCUT2D eigenvalue weighted by Gasteiger charge is -2.23. The maximum absolute atomic E-state index is 14.0. The Labute approximate surface area is 683 Å². The fourth-order valence-corrected chi connectivity index (χ4v) is 12.7. The summed E-state index contributed by atoms with van der Waals surface area (Å²) in [6.45, 7) is 10.4. The average molecular weight is 1610 g/mol. The Kier molecular flexibility index (Phi) is 40.8. The van der Waals surface area contributed by atoms with Crippen LogP contribution in [-0.2, 0) is 71.6 Å². The first kappa shape index (κ1) is 91.2. The number of nitrogens with zero attached hydrogens (tertiary/aromatic N) is 2. The first-order valence-electron chi connectivity index (χ1n) is 40.0. The van der Waals surface area contributed by atoms with Crippen LogP contribution in [0.15, 0.2) is 170 Å². The molecule has 0 radical (unpaired) electrons. The van der Waals surface area contributed by atoms with Crippen LogP contribution in [0.5, 0.6) is 0 Å². The largest absolute Gasteiger partial charge is 0.481 e. The van der Waals surface area contributed by atoms with Crippen molar-refractivity contribution in [2.24, 2.45) is 0 Å². The molecule has 7 amide bonds. The molecule has 626 valence electrons. The van der Waals surface area contributed by atoms with Gasteiger partial charge in [0.15, 0.2) is 0 Å². The zero-order valence-corrected chi connectivity index (χ0v) is 66.8. The van der Waals surface area contributed by atoms with E-state index in [9.17, 15) is 53.4 Å². The summed E-state index contributed by atoms with van der Waals surface area (Å²) in [5, 5.41) is 53.4. The molecular weight excluding hydrogens is 1500 g/mol. The fourth-order valence-electron chi connectivity index (χ4n) is 12.7. The number of hydrogen-bond donors (Lipinski definition) is 12. The molecule has 4 unspecified atom stereocenters. The van der Waals surface area contributed by atoms with Crippen LogP contribution in [0.1, 0.15) is 111 Å². The van der Waals surface area contributed by atoms with Gasteiger partial charge in [0.05, 0.1) is 104 Å². The van der Waals surface area contributed by atoms with E-state index in [0.717, 1.165) is 54.9 Å². The number of pyridine rings is 2. The summed E-state index contributed by atoms with van der Waals surface area (Å²) < 4.78 is 33.7. The number of carboxylic acids is 2. The molecule has 8 aromatic rings. The van der Waals surface area contributed by atoms with Crippen molar-refractivity contribution >= 4 is 86.5 Å². The number of aryl methyl sites for hydroxylation is 2. The third-order valence-corrected chi connectivity index (χ3v) is 18.8. The number of fused-ring (bicyclic) bond motifs is 2. The van der Waals surface area contributed by atoms with Crippen molar-refractivity contribution in [3.05, 3.63) is 192 Å². The predicted molar refractivity (Wildman–Crippen MR) is 447 cm³/mol. The first-order valence-corrected chi connectivity index (χ1v) is 40.0. The Morgan fingerprint density at radius 2 is 0.709 bits per heavy atom. The quantitative estimate of drug-likeness (QED) is 0.0158. The van der Waals surface area contributed by atoms with Crippen molar-refractivity contribution in [2.75, 3.05) is 136 Å². The van der Waals surface area contributed by atoms with Crippen molar-refractivity contribution in [2.45, 2.75) is 115 Å². The Hall–Kier alpha value is -11.3. The average Bonchev–Trinajstić information content (AvgIpc) is 0.807. The molecule has 0 aliphatic heterocycles. The van der Waals surface area contributed by atoms with E-state index in [1.165, 1.54) is 0 Å². The van der Waals surface area contributed by atoms with Gasteiger partial charge >= 0.3 is 11.9 Å². The molecule has 12 N–H and O–H groups in total. The second kappa shape index (κ2) is 52.3. The monoisotopic (exact) mass is 1610 g/mol. The topological polar surface area (TPSA) is 396 Å². The van der Waals surface area contributed by atoms with Crippen molar-refractivity contribution in [3.63, 3.8) is 0 Å². The molecular formula is C88H112N12O17. The molecule has 0 aliphatic carbocycles. The van der Waals surface area contributed by atoms with E-state index in [2.05, 4.69) is 63.1 Å². The lowest BCUT2D eigenvalue weighted by molar-refractivity contribution is -0.139. The summed E-state index contributed by atoms with van der Waals surface area (Å²) in [6.07, 6.45) is 4.24. The second-order valence-corrected chi connectivity index (χ2v) is 28.0. The molecule has 29 heteroatoms. The standard InChI is InChI=1S/C88H112N12O17/c1-62-35-40-92-78(58-62)90-38-10-21-83(104)97-74(87(110)99-76(60-85(106)107)68-27-23-66(24-28-68)72-18-7-14-64-12-3-5-16-70(64)72)31-33-81(102)95-44-48-114-52-55-116-54-50-112-46-42-89-37-9-20-80(101)94-43-47-113-51-56-117-57-53-115-49-45-96-82(103)34-32-75(98-84(105)22-11-39-91-79-59-63(2)36-41-93-79)88(111)100-77(61-86(108)109)69-29-25-67(26-30-69)73-19-8-15-65-13-4-6-17-71(65)73/h3-8,12-19,23-30,35-36,40-41,58-59,74-77,89H,9-11,20-22,31-34,37-39,42-57,60-61H2,1-2H3,(H,90,92)(H,91,93)(H,94,101)(H,95,102)(H,96,103)(H,97,104)(H,98,105)(H,99,110)(H,100,111)(H,106,107)(H,108,109). The highest BCUT2D eigenvalue weighted by Crippen LogP contribution is 2.32. The van der Waals surface area contributed by atoms with Gasteiger partial charge < -0.3 is 91.8 Å². The number of carboxylic acid groups (broad SMARTS) is 2. The summed E-state index contributed by atoms with van der Waals surface area (Å²) in [5.74, 6) is -3.76. The molecule has 4 atom stereocenters. The number of carbonyl (C=O) groups excluding carboxylic acids is 7. The third kappa shape index (κ3) is 35.0. The molecule has 6 aromatic carbocycles. The van der Waals surface area contributed by atoms with Gasteiger partial charge in [-0.1, -0.05) is 133 Å². The van der Waals surface area contributed by atoms with E-state index in [4.69, 9.17) is 28.4 Å². The maximum Gasteiger partial charge on any atom is 0.305 e. The van der Waals surface area contributed by atoms with Crippen molar-refractivity contribution in [3.8, 4) is 22.3 Å². The van der Waals surface area contributed by atoms with Gasteiger partial charge in [-0.2, -0.15) is 0 Å². The Morgan fingerprint density at radius 3 is 1.10 bits per heavy atom. The van der Waals surface area contributed by atoms with Gasteiger partial charge in [0, 0.05) is 83.8 Å². The predicted octanol–water partition coefficient (Wildman–Crippen LogP) is 8.83. The zero-order valence-electron chi connectivity index (χ0n) is 66.8. The minimum absolute atomic E-state index is 0.0470. The second-order valence-electron chi connectivity index (χ2n) is 28.0. The molecule has 2 heterocycles. The molecule has 8 rings (SSSR count). The molecule has 0 fully saturated rings. The zero-order chi connectivity index (χ0) is 83.0. The van der Waals surface area contributed by atoms with Crippen LogP contribution in [0, 0.1) is 13.8 Å². The molecule has 29 nitrogen and oxygen atoms in total. The van der Waals surface area contributed by atoms with Gasteiger partial charge in [0.25, 0.3) is 0 Å². The van der Waals surface area contributed by atoms with Crippen LogP contribution in [0.2, 0.25) is 0 Å². The summed E-state index contributed by atoms with van der Waals surface area (Å²) in [6, 6.07) is 46.2. The molecule has 117 heavy (non-hydrogen) atoms. The van der Waals surface area contributed by atoms with E-state index < -0.39 is 72.6 Å². The Balaban J connectivity index is 0.606. The molecule has 2 aromatic heterocycles. The van der Waals surface area contributed by atoms with E-state index in [-0.39, 0.29) is 102 Å². The summed E-state index contributed by atoms with van der Waals surface area (Å²) in [5.41, 5.74) is 7.05. The first-order chi connectivity index (χ1) is 56.9. The normalized spacial score (nSPS) is 12.2. The number of ether oxygens (including phenoxy) is 6. The van der Waals surface area contributed by atoms with E-state index in [1.807, 2.05) is 147 Å². The summed E-state index contributed by atoms with van der Waals surface area (Å²) in [4.78, 5) is 126. The van der Waals surface area contributed by atoms with Gasteiger partial charge in [0.1, 0.15) is 23.7 Å². The highest BCUT2D eigenvalue weighted by molar-refractivity contribution is 5.98. The molecule has 0 saturated heterocycles. The van der Waals surface area contributed by atoms with Crippen molar-refractivity contribution in [1.82, 2.24) is 52.5 Å². The number of aliphatic carboxylic acids is 2. The fraction of sp³-hybridized carbons (Fsp3) is 0.420. The van der Waals surface area contributed by atoms with Crippen LogP contribution >= 0.6 is 0 Å². The number of anilines is 2. The number of benzene rings is 6. The molecule has 0 bridgehead atoms. The number of aromatic nitrogens is 2. The molecule has 0 aliphatic rings. The highest BCUT2D eigenvalue weighted by atomic mass is 16.5. The smallest absolute Gasteiger partial charge is 0.305 e. The SMILES string of the molecule is Cc1ccnc(NCCCC(=O)NC(CCC(=O)NCCOCCOCCOCCNCCCC(=O)NCCOCCOCCOCCNC(=O)CCC(NC(=O)CCCNc2cc(C)ccn2)C(=O)NC(CC(=O)O)c2ccc(-c3cccc4ccccc34)cc2)C(=O)NC(CC(=O)O)c2ccc(-c3cccc4ccccc34)cc2)c1. The Bertz CT molecular complexity index is 4410. The lowest BCUT2D eigenvalue weighted by Crippen LogP contribution is -2.48. The minimum atomic E-state index is -1.14. The molecule has 0 spiro atoms. The van der Waals surface area contributed by atoms with Crippen LogP contribution < -0.4 is 53.2 Å². The van der Waals surface area contributed by atoms with Crippen molar-refractivity contribution in [1.29, 1.82) is 0 Å². The van der Waals surface area contributed by atoms with Crippen molar-refractivity contribution < 1.29 is 81.8 Å². The van der Waals surface area contributed by atoms with Gasteiger partial charge in [-0.3, -0.25) is 43.2 Å². The highest BCUT2D eigenvalue weighted by Gasteiger charge is 2.29. The third-order valence-electron chi connectivity index (χ3n) is 18.8. The summed E-state index contributed by atoms with van der Waals surface area (Å²) >= 11 is 0. The number of carbonyl (C=O) groups is 9. The van der Waals surface area contributed by atoms with Crippen LogP contribution in [-0.4, -0.2) is 211 Å². The number of amides is 7. The lowest BCUT2D eigenvalue weighted by atomic mass is 9.95. The van der Waals surface area contributed by atoms with Crippen LogP contribution in [0.3, 0.4) is 0 Å². The van der Waals surface area contributed by atoms with E-state index in [1.54, 1.807) is 36.7 Å². The van der Waals surface area contributed by atoms with Gasteiger partial charge in [-0.25, -0.2) is 9.97 Å². The minimum Gasteiger partial charge on any atom is -0.481 e. The van der Waals surface area contributed by atoms with E-state index >= 15 is 0 Å².